The number of anilines is 1. The Balaban J connectivity index is 2.88. The zero-order valence-corrected chi connectivity index (χ0v) is 7.99. The first kappa shape index (κ1) is 8.90. The zero-order valence-electron chi connectivity index (χ0n) is 7.24. The van der Waals surface area contributed by atoms with Crippen LogP contribution in [0.15, 0.2) is 18.7 Å². The molecule has 2 aromatic heterocycles. The molecule has 0 saturated heterocycles. The topological polar surface area (TPSA) is 64.7 Å². The molecule has 0 bridgehead atoms. The molecule has 14 heavy (non-hydrogen) atoms. The quantitative estimate of drug-likeness (QED) is 0.724. The summed E-state index contributed by atoms with van der Waals surface area (Å²) in [5.74, 6) is 0.205. The summed E-state index contributed by atoms with van der Waals surface area (Å²) in [6, 6.07) is 3.40. The molecular formula is C9H7ClN4. The second-order valence-electron chi connectivity index (χ2n) is 2.67. The highest BCUT2D eigenvalue weighted by atomic mass is 35.5. The van der Waals surface area contributed by atoms with Gasteiger partial charge in [0.2, 0.25) is 5.95 Å². The van der Waals surface area contributed by atoms with E-state index in [4.69, 9.17) is 17.3 Å². The molecule has 70 valence electrons. The summed E-state index contributed by atoms with van der Waals surface area (Å²) < 4.78 is 0. The van der Waals surface area contributed by atoms with Gasteiger partial charge < -0.3 is 5.73 Å². The smallest absolute Gasteiger partial charge is 0.221 e. The molecule has 0 atom stereocenters. The van der Waals surface area contributed by atoms with Gasteiger partial charge in [-0.25, -0.2) is 15.0 Å². The SMILES string of the molecule is C=Cc1nc(N)nc2ccc(Cl)nc12. The third kappa shape index (κ3) is 1.40. The van der Waals surface area contributed by atoms with E-state index in [0.29, 0.717) is 21.9 Å². The van der Waals surface area contributed by atoms with E-state index in [9.17, 15) is 0 Å². The van der Waals surface area contributed by atoms with E-state index in [1.807, 2.05) is 0 Å². The van der Waals surface area contributed by atoms with Crippen LogP contribution < -0.4 is 5.73 Å². The minimum atomic E-state index is 0.205. The van der Waals surface area contributed by atoms with Crippen molar-refractivity contribution in [1.82, 2.24) is 15.0 Å². The van der Waals surface area contributed by atoms with E-state index in [1.165, 1.54) is 0 Å². The summed E-state index contributed by atoms with van der Waals surface area (Å²) in [6.45, 7) is 3.62. The van der Waals surface area contributed by atoms with Crippen molar-refractivity contribution in [3.05, 3.63) is 29.6 Å². The van der Waals surface area contributed by atoms with Crippen LogP contribution in [0.4, 0.5) is 5.95 Å². The number of fused-ring (bicyclic) bond motifs is 1. The van der Waals surface area contributed by atoms with Crippen molar-refractivity contribution in [2.24, 2.45) is 0 Å². The molecule has 0 unspecified atom stereocenters. The normalized spacial score (nSPS) is 10.4. The Bertz CT molecular complexity index is 509. The third-order valence-corrected chi connectivity index (χ3v) is 1.96. The summed E-state index contributed by atoms with van der Waals surface area (Å²) in [4.78, 5) is 12.1. The molecule has 0 aromatic carbocycles. The molecule has 0 aliphatic heterocycles. The van der Waals surface area contributed by atoms with Crippen molar-refractivity contribution in [3.8, 4) is 0 Å². The van der Waals surface area contributed by atoms with E-state index in [2.05, 4.69) is 21.5 Å². The average molecular weight is 207 g/mol. The maximum atomic E-state index is 5.76. The predicted octanol–water partition coefficient (Wildman–Crippen LogP) is 1.90. The van der Waals surface area contributed by atoms with Crippen LogP contribution in [0.5, 0.6) is 0 Å². The number of pyridine rings is 1. The van der Waals surface area contributed by atoms with Crippen LogP contribution in [-0.4, -0.2) is 15.0 Å². The number of nitrogen functional groups attached to an aromatic ring is 1. The Labute approximate surface area is 85.5 Å². The number of hydrogen-bond donors (Lipinski definition) is 1. The summed E-state index contributed by atoms with van der Waals surface area (Å²) >= 11 is 5.76. The van der Waals surface area contributed by atoms with Gasteiger partial charge in [-0.05, 0) is 18.2 Å². The second-order valence-corrected chi connectivity index (χ2v) is 3.06. The van der Waals surface area contributed by atoms with E-state index < -0.39 is 0 Å². The monoisotopic (exact) mass is 206 g/mol. The fraction of sp³-hybridized carbons (Fsp3) is 0. The van der Waals surface area contributed by atoms with Gasteiger partial charge in [0.25, 0.3) is 0 Å². The van der Waals surface area contributed by atoms with Gasteiger partial charge in [0.05, 0.1) is 11.2 Å². The molecule has 0 fully saturated rings. The van der Waals surface area contributed by atoms with Crippen LogP contribution in [0.1, 0.15) is 5.69 Å². The number of aromatic nitrogens is 3. The highest BCUT2D eigenvalue weighted by molar-refractivity contribution is 6.29. The Morgan fingerprint density at radius 3 is 2.79 bits per heavy atom. The van der Waals surface area contributed by atoms with Crippen molar-refractivity contribution in [2.75, 3.05) is 5.73 Å². The summed E-state index contributed by atoms with van der Waals surface area (Å²) in [7, 11) is 0. The van der Waals surface area contributed by atoms with Crippen molar-refractivity contribution >= 4 is 34.7 Å². The van der Waals surface area contributed by atoms with Gasteiger partial charge in [-0.2, -0.15) is 0 Å². The van der Waals surface area contributed by atoms with E-state index in [0.717, 1.165) is 0 Å². The van der Waals surface area contributed by atoms with Gasteiger partial charge in [-0.1, -0.05) is 18.2 Å². The molecule has 5 heteroatoms. The molecule has 0 aliphatic rings. The van der Waals surface area contributed by atoms with Crippen molar-refractivity contribution < 1.29 is 0 Å². The molecule has 0 saturated carbocycles. The van der Waals surface area contributed by atoms with Crippen molar-refractivity contribution in [3.63, 3.8) is 0 Å². The molecule has 2 heterocycles. The van der Waals surface area contributed by atoms with Gasteiger partial charge in [-0.15, -0.1) is 0 Å². The lowest BCUT2D eigenvalue weighted by molar-refractivity contribution is 1.20. The maximum absolute atomic E-state index is 5.76. The number of halogens is 1. The number of nitrogens with two attached hydrogens (primary N) is 1. The van der Waals surface area contributed by atoms with Gasteiger partial charge in [0, 0.05) is 0 Å². The van der Waals surface area contributed by atoms with E-state index in [1.54, 1.807) is 18.2 Å². The lowest BCUT2D eigenvalue weighted by atomic mass is 10.3. The van der Waals surface area contributed by atoms with Crippen LogP contribution in [-0.2, 0) is 0 Å². The summed E-state index contributed by atoms with van der Waals surface area (Å²) in [5, 5.41) is 0.397. The predicted molar refractivity (Wildman–Crippen MR) is 56.8 cm³/mol. The van der Waals surface area contributed by atoms with Crippen LogP contribution in [0.2, 0.25) is 5.15 Å². The number of rotatable bonds is 1. The Hall–Kier alpha value is -1.68. The first-order valence-electron chi connectivity index (χ1n) is 3.93. The van der Waals surface area contributed by atoms with Crippen LogP contribution >= 0.6 is 11.6 Å². The first-order valence-corrected chi connectivity index (χ1v) is 4.30. The van der Waals surface area contributed by atoms with Gasteiger partial charge in [0.1, 0.15) is 10.7 Å². The van der Waals surface area contributed by atoms with Crippen molar-refractivity contribution in [2.45, 2.75) is 0 Å². The Kier molecular flexibility index (Phi) is 2.05. The molecule has 0 amide bonds. The molecule has 4 nitrogen and oxygen atoms in total. The Morgan fingerprint density at radius 2 is 2.07 bits per heavy atom. The highest BCUT2D eigenvalue weighted by Gasteiger charge is 2.04. The fourth-order valence-electron chi connectivity index (χ4n) is 1.17. The number of nitrogens with zero attached hydrogens (tertiary/aromatic N) is 3. The van der Waals surface area contributed by atoms with Crippen LogP contribution in [0.25, 0.3) is 17.1 Å². The van der Waals surface area contributed by atoms with E-state index in [-0.39, 0.29) is 5.95 Å². The van der Waals surface area contributed by atoms with Crippen LogP contribution in [0, 0.1) is 0 Å². The second kappa shape index (κ2) is 3.23. The minimum Gasteiger partial charge on any atom is -0.368 e. The molecule has 0 radical (unpaired) electrons. The first-order chi connectivity index (χ1) is 6.70. The number of hydrogen-bond acceptors (Lipinski definition) is 4. The molecule has 2 aromatic rings. The molecule has 2 rings (SSSR count). The summed E-state index contributed by atoms with van der Waals surface area (Å²) in [6.07, 6.45) is 1.57. The highest BCUT2D eigenvalue weighted by Crippen LogP contribution is 2.17. The minimum absolute atomic E-state index is 0.205. The lowest BCUT2D eigenvalue weighted by Crippen LogP contribution is -1.98. The average Bonchev–Trinajstić information content (AvgIpc) is 2.17. The molecule has 0 spiro atoms. The van der Waals surface area contributed by atoms with Gasteiger partial charge in [-0.3, -0.25) is 0 Å². The third-order valence-electron chi connectivity index (χ3n) is 1.75. The molecule has 0 aliphatic carbocycles. The van der Waals surface area contributed by atoms with Crippen molar-refractivity contribution in [1.29, 1.82) is 0 Å². The van der Waals surface area contributed by atoms with Crippen LogP contribution in [0.3, 0.4) is 0 Å². The van der Waals surface area contributed by atoms with E-state index >= 15 is 0 Å². The largest absolute Gasteiger partial charge is 0.368 e. The molecule has 2 N–H and O–H groups in total. The van der Waals surface area contributed by atoms with Gasteiger partial charge in [0.15, 0.2) is 0 Å². The maximum Gasteiger partial charge on any atom is 0.221 e. The van der Waals surface area contributed by atoms with Gasteiger partial charge >= 0.3 is 0 Å². The molecular weight excluding hydrogens is 200 g/mol. The Morgan fingerprint density at radius 1 is 1.29 bits per heavy atom. The zero-order chi connectivity index (χ0) is 10.1. The lowest BCUT2D eigenvalue weighted by Gasteiger charge is -2.01. The fourth-order valence-corrected chi connectivity index (χ4v) is 1.32. The summed E-state index contributed by atoms with van der Waals surface area (Å²) in [5.41, 5.74) is 7.38. The standard InChI is InChI=1S/C9H7ClN4/c1-2-5-8-6(13-9(11)12-5)3-4-7(10)14-8/h2-4H,1H2,(H2,11,12,13).